The first-order valence-corrected chi connectivity index (χ1v) is 13.6. The second-order valence-electron chi connectivity index (χ2n) is 8.82. The van der Waals surface area contributed by atoms with Crippen molar-refractivity contribution in [3.05, 3.63) is 59.7 Å². The highest BCUT2D eigenvalue weighted by molar-refractivity contribution is 7.92. The molecule has 1 atom stereocenters. The van der Waals surface area contributed by atoms with E-state index >= 15 is 0 Å². The number of nitrogen functional groups attached to an aromatic ring is 1. The zero-order chi connectivity index (χ0) is 27.6. The van der Waals surface area contributed by atoms with Crippen molar-refractivity contribution in [2.45, 2.75) is 39.5 Å². The average Bonchev–Trinajstić information content (AvgIpc) is 2.83. The molecule has 0 spiro atoms. The number of ether oxygens (including phenoxy) is 1. The molecule has 0 unspecified atom stereocenters. The highest BCUT2D eigenvalue weighted by atomic mass is 32.2. The van der Waals surface area contributed by atoms with E-state index in [2.05, 4.69) is 10.6 Å². The van der Waals surface area contributed by atoms with Gasteiger partial charge in [0.2, 0.25) is 15.8 Å². The first-order chi connectivity index (χ1) is 17.4. The van der Waals surface area contributed by atoms with Gasteiger partial charge in [-0.2, -0.15) is 0 Å². The number of benzene rings is 2. The molecule has 0 aliphatic rings. The number of amides is 2. The molecule has 0 heterocycles. The maximum atomic E-state index is 12.4. The summed E-state index contributed by atoms with van der Waals surface area (Å²) in [4.78, 5) is 36.2. The smallest absolute Gasteiger partial charge is 0.407 e. The Morgan fingerprint density at radius 1 is 1.08 bits per heavy atom. The van der Waals surface area contributed by atoms with Crippen LogP contribution in [0.4, 0.5) is 16.2 Å². The molecule has 0 radical (unpaired) electrons. The Labute approximate surface area is 217 Å². The predicted molar refractivity (Wildman–Crippen MR) is 140 cm³/mol. The number of nitrogens with two attached hydrogens (primary N) is 1. The monoisotopic (exact) mass is 534 g/mol. The van der Waals surface area contributed by atoms with E-state index in [0.717, 1.165) is 16.1 Å². The normalized spacial score (nSPS) is 12.0. The number of sulfonamides is 1. The summed E-state index contributed by atoms with van der Waals surface area (Å²) in [7, 11) is -3.67. The van der Waals surface area contributed by atoms with Gasteiger partial charge in [0, 0.05) is 18.7 Å². The molecule has 2 aromatic rings. The van der Waals surface area contributed by atoms with E-state index in [1.54, 1.807) is 0 Å². The van der Waals surface area contributed by atoms with E-state index in [1.807, 2.05) is 44.2 Å². The van der Waals surface area contributed by atoms with E-state index in [-0.39, 0.29) is 42.6 Å². The van der Waals surface area contributed by atoms with E-state index in [1.165, 1.54) is 18.2 Å². The van der Waals surface area contributed by atoms with Gasteiger partial charge in [-0.1, -0.05) is 56.3 Å². The van der Waals surface area contributed by atoms with Gasteiger partial charge in [-0.15, -0.1) is 0 Å². The molecule has 37 heavy (non-hydrogen) atoms. The van der Waals surface area contributed by atoms with E-state index in [0.29, 0.717) is 6.42 Å². The van der Waals surface area contributed by atoms with Gasteiger partial charge in [-0.3, -0.25) is 13.9 Å². The Bertz CT molecular complexity index is 1190. The molecule has 0 bridgehead atoms. The van der Waals surface area contributed by atoms with Crippen LogP contribution in [0.15, 0.2) is 48.5 Å². The molecule has 0 aliphatic carbocycles. The maximum Gasteiger partial charge on any atom is 0.407 e. The number of carbonyl (C=O) groups is 3. The van der Waals surface area contributed by atoms with Crippen molar-refractivity contribution in [2.24, 2.45) is 5.92 Å². The highest BCUT2D eigenvalue weighted by Crippen LogP contribution is 2.31. The summed E-state index contributed by atoms with van der Waals surface area (Å²) in [6.07, 6.45) is -1.17. The number of rotatable bonds is 13. The molecule has 2 rings (SSSR count). The van der Waals surface area contributed by atoms with Gasteiger partial charge in [-0.25, -0.2) is 13.2 Å². The van der Waals surface area contributed by atoms with Crippen LogP contribution in [0, 0.1) is 5.92 Å². The maximum absolute atomic E-state index is 12.4. The minimum absolute atomic E-state index is 0.0355. The minimum atomic E-state index is -3.67. The number of nitrogens with one attached hydrogen (secondary N) is 2. The largest absolute Gasteiger partial charge is 0.449 e. The highest BCUT2D eigenvalue weighted by Gasteiger charge is 2.25. The number of alkyl carbamates (subject to hydrolysis) is 1. The summed E-state index contributed by atoms with van der Waals surface area (Å²) in [6.45, 7) is 4.01. The summed E-state index contributed by atoms with van der Waals surface area (Å²) in [6, 6.07) is 13.6. The predicted octanol–water partition coefficient (Wildman–Crippen LogP) is 2.07. The molecule has 12 heteroatoms. The number of para-hydroxylation sites is 1. The Morgan fingerprint density at radius 2 is 1.76 bits per heavy atom. The zero-order valence-electron chi connectivity index (χ0n) is 21.1. The summed E-state index contributed by atoms with van der Waals surface area (Å²) in [5.41, 5.74) is 7.18. The molecule has 0 aromatic heterocycles. The molecular weight excluding hydrogens is 500 g/mol. The third-order valence-corrected chi connectivity index (χ3v) is 6.53. The van der Waals surface area contributed by atoms with Crippen LogP contribution in [0.1, 0.15) is 44.0 Å². The van der Waals surface area contributed by atoms with Crippen molar-refractivity contribution in [3.63, 3.8) is 0 Å². The van der Waals surface area contributed by atoms with Crippen molar-refractivity contribution in [1.82, 2.24) is 10.6 Å². The van der Waals surface area contributed by atoms with Gasteiger partial charge in [0.15, 0.2) is 6.23 Å². The molecular formula is C25H34N4O7S. The molecule has 0 aliphatic heterocycles. The van der Waals surface area contributed by atoms with Crippen LogP contribution in [0.3, 0.4) is 0 Å². The summed E-state index contributed by atoms with van der Waals surface area (Å²) in [5, 5.41) is 15.2. The van der Waals surface area contributed by atoms with Crippen molar-refractivity contribution in [3.8, 4) is 0 Å². The van der Waals surface area contributed by atoms with E-state index in [4.69, 9.17) is 10.5 Å². The molecule has 0 saturated carbocycles. The van der Waals surface area contributed by atoms with Crippen LogP contribution in [-0.2, 0) is 30.9 Å². The Kier molecular flexibility index (Phi) is 10.9. The Hall–Kier alpha value is -3.64. The third-order valence-electron chi connectivity index (χ3n) is 5.35. The lowest BCUT2D eigenvalue weighted by Crippen LogP contribution is -2.36. The fraction of sp³-hybridized carbons (Fsp3) is 0.400. The topological polar surface area (TPSA) is 168 Å². The SMILES string of the molecule is CC(C)CCN(c1cccc([C@H](O)NC(=O)C(=O)CCOC(=O)NCc2ccccc2)c1N)S(C)(=O)=O. The molecule has 11 nitrogen and oxygen atoms in total. The number of aliphatic hydroxyl groups excluding tert-OH is 1. The lowest BCUT2D eigenvalue weighted by atomic mass is 10.1. The van der Waals surface area contributed by atoms with E-state index in [9.17, 15) is 27.9 Å². The number of hydrogen-bond acceptors (Lipinski definition) is 8. The van der Waals surface area contributed by atoms with Crippen LogP contribution in [-0.4, -0.2) is 50.7 Å². The molecule has 2 amide bonds. The van der Waals surface area contributed by atoms with Crippen molar-refractivity contribution in [2.75, 3.05) is 29.4 Å². The molecule has 2 aromatic carbocycles. The number of hydrogen-bond donors (Lipinski definition) is 4. The van der Waals surface area contributed by atoms with Gasteiger partial charge in [0.25, 0.3) is 5.91 Å². The standard InChI is InChI=1S/C25H34N4O7S/c1-17(2)12-14-29(37(3,34)35)20-11-7-10-19(22(20)26)23(31)28-24(32)21(30)13-15-36-25(33)27-16-18-8-5-4-6-9-18/h4-11,17,23,31H,12-16,26H2,1-3H3,(H,27,33)(H,28,32)/t23-/m0/s1. The van der Waals surface area contributed by atoms with Crippen LogP contribution in [0.2, 0.25) is 0 Å². The first-order valence-electron chi connectivity index (χ1n) is 11.7. The third kappa shape index (κ3) is 9.39. The number of anilines is 2. The summed E-state index contributed by atoms with van der Waals surface area (Å²) >= 11 is 0. The molecule has 202 valence electrons. The fourth-order valence-electron chi connectivity index (χ4n) is 3.32. The first kappa shape index (κ1) is 29.6. The Morgan fingerprint density at radius 3 is 2.38 bits per heavy atom. The van der Waals surface area contributed by atoms with Crippen molar-refractivity contribution < 1.29 is 32.6 Å². The molecule has 0 saturated heterocycles. The lowest BCUT2D eigenvalue weighted by Gasteiger charge is -2.26. The molecule has 5 N–H and O–H groups in total. The second-order valence-corrected chi connectivity index (χ2v) is 10.7. The number of aliphatic hydroxyl groups is 1. The number of Topliss-reactive ketones (excluding diaryl/α,β-unsaturated/α-hetero) is 1. The van der Waals surface area contributed by atoms with E-state index < -0.39 is 40.5 Å². The number of carbonyl (C=O) groups excluding carboxylic acids is 3. The van der Waals surface area contributed by atoms with Gasteiger partial charge < -0.3 is 26.2 Å². The van der Waals surface area contributed by atoms with Crippen LogP contribution >= 0.6 is 0 Å². The quantitative estimate of drug-likeness (QED) is 0.172. The Balaban J connectivity index is 1.94. The second kappa shape index (κ2) is 13.6. The van der Waals surface area contributed by atoms with Gasteiger partial charge in [-0.05, 0) is 24.0 Å². The lowest BCUT2D eigenvalue weighted by molar-refractivity contribution is -0.140. The minimum Gasteiger partial charge on any atom is -0.449 e. The van der Waals surface area contributed by atoms with Gasteiger partial charge in [0.05, 0.1) is 24.1 Å². The van der Waals surface area contributed by atoms with Crippen molar-refractivity contribution in [1.29, 1.82) is 0 Å². The van der Waals surface area contributed by atoms with Gasteiger partial charge >= 0.3 is 6.09 Å². The zero-order valence-corrected chi connectivity index (χ0v) is 22.0. The summed E-state index contributed by atoms with van der Waals surface area (Å²) < 4.78 is 30.8. The number of ketones is 1. The van der Waals surface area contributed by atoms with Gasteiger partial charge in [0.1, 0.15) is 6.61 Å². The molecule has 0 fully saturated rings. The summed E-state index contributed by atoms with van der Waals surface area (Å²) in [5.74, 6) is -1.78. The van der Waals surface area contributed by atoms with Crippen molar-refractivity contribution >= 4 is 39.2 Å². The number of nitrogens with zero attached hydrogens (tertiary/aromatic N) is 1. The van der Waals surface area contributed by atoms with Crippen LogP contribution < -0.4 is 20.7 Å². The van der Waals surface area contributed by atoms with Crippen LogP contribution in [0.25, 0.3) is 0 Å². The van der Waals surface area contributed by atoms with Crippen LogP contribution in [0.5, 0.6) is 0 Å². The average molecular weight is 535 g/mol. The fourth-order valence-corrected chi connectivity index (χ4v) is 4.27.